The molecule has 17 N–H and O–H groups in total. The molecule has 0 bridgehead atoms. The van der Waals surface area contributed by atoms with Crippen LogP contribution in [0.4, 0.5) is 25.4 Å². The van der Waals surface area contributed by atoms with E-state index >= 15 is 4.39 Å². The number of alkyl halides is 1. The van der Waals surface area contributed by atoms with E-state index in [-0.39, 0.29) is 205 Å². The molecular formula is C103H149FN14O28S. The Morgan fingerprint density at radius 3 is 1.91 bits per heavy atom. The topological polar surface area (TPSA) is 578 Å². The van der Waals surface area contributed by atoms with E-state index in [0.717, 1.165) is 41.6 Å². The molecule has 10 rings (SSSR count). The van der Waals surface area contributed by atoms with E-state index in [0.29, 0.717) is 107 Å². The summed E-state index contributed by atoms with van der Waals surface area (Å²) in [4.78, 5) is 163. The van der Waals surface area contributed by atoms with Gasteiger partial charge in [-0.15, -0.1) is 0 Å². The standard InChI is InChI=1S/C103H149FN14O28S/c1-6-17-92-145-86-62-76-75-61-78(104)77-60-74(119)34-37-101(77,4)93(75)83(120)63-102(76,5)103(86,146-92)85(121)64-112-100(131)144-66-69-26-30-73(31-27-69)113-96(127)81(23-16-39-111-99(105)130)115-98(129)94(68(2)3)116-97(128)80(114-89(124)36-44-136-48-52-140-56-58-142-54-50-138-46-41-109-87(122)32-33-91(126)118-65-72-20-11-10-18-70(72)28-29-71-19-12-13-24-82(71)118)22-14-15-38-108-90(125)67-143-84-25-9-7-8-21-79(95(84)117-106)107-40-45-137-49-53-141-57-55-139-51-47-135-43-35-88(123)110-42-59-147(132,133)134/h10-13,18-20,24,26-27,30-31,34,37,60,68,75-76,78,80-81,83-84,86,92-94,107,117,120H,6-9,14-17,21-23,25,32-33,35-36,38-59,61-67,106H2,1-5H3,(H,108,125)(H,109,122)(H,110,123)(H,112,131)(H,113,127)(H,114,124)(H,115,129)(H,116,128)(H3,105,111,130)(H,132,133,134)/b95-79-/t75-,76?,78-,80+,81-,83-,84?,86+,92?,93?,94-,101-,102-,103+/m0/s1. The van der Waals surface area contributed by atoms with Crippen molar-refractivity contribution in [3.8, 4) is 11.8 Å². The summed E-state index contributed by atoms with van der Waals surface area (Å²) in [6.07, 6.45) is 5.18. The van der Waals surface area contributed by atoms with Gasteiger partial charge < -0.3 is 131 Å². The lowest BCUT2D eigenvalue weighted by Gasteiger charge is -2.60. The highest BCUT2D eigenvalue weighted by Crippen LogP contribution is 2.70. The number of halogens is 1. The number of hydrogen-bond acceptors (Lipinski definition) is 30. The highest BCUT2D eigenvalue weighted by Gasteiger charge is 2.76. The van der Waals surface area contributed by atoms with Gasteiger partial charge in [-0.05, 0) is 154 Å². The van der Waals surface area contributed by atoms with Crippen molar-refractivity contribution in [3.63, 3.8) is 0 Å². The molecule has 2 heterocycles. The van der Waals surface area contributed by atoms with Gasteiger partial charge >= 0.3 is 12.1 Å². The number of benzene rings is 3. The molecule has 7 aliphatic rings. The van der Waals surface area contributed by atoms with Crippen molar-refractivity contribution < 1.29 is 137 Å². The molecule has 5 aliphatic carbocycles. The fourth-order valence-electron chi connectivity index (χ4n) is 20.0. The fraction of sp³-hybridized carbons (Fsp3) is 0.631. The van der Waals surface area contributed by atoms with E-state index < -0.39 is 159 Å². The number of unbranched alkanes of at least 4 members (excludes halogenated alkanes) is 1. The number of allylic oxidation sites excluding steroid dienone is 5. The van der Waals surface area contributed by atoms with Crippen molar-refractivity contribution in [2.45, 2.75) is 224 Å². The third-order valence-corrected chi connectivity index (χ3v) is 28.0. The third kappa shape index (κ3) is 36.4. The van der Waals surface area contributed by atoms with Crippen LogP contribution in [0.5, 0.6) is 0 Å². The molecule has 14 atom stereocenters. The predicted molar refractivity (Wildman–Crippen MR) is 536 cm³/mol. The van der Waals surface area contributed by atoms with Gasteiger partial charge in [0.05, 0.1) is 148 Å². The second-order valence-electron chi connectivity index (χ2n) is 38.1. The zero-order valence-electron chi connectivity index (χ0n) is 84.8. The number of primary amides is 1. The Balaban J connectivity index is 0.666. The summed E-state index contributed by atoms with van der Waals surface area (Å²) in [5.74, 6) is 5.33. The van der Waals surface area contributed by atoms with Crippen LogP contribution in [0.2, 0.25) is 0 Å². The number of nitrogens with two attached hydrogens (primary N) is 2. The summed E-state index contributed by atoms with van der Waals surface area (Å²) < 4.78 is 117. The summed E-state index contributed by atoms with van der Waals surface area (Å²) in [7, 11) is -4.17. The molecule has 2 aliphatic heterocycles. The van der Waals surface area contributed by atoms with Crippen molar-refractivity contribution in [1.29, 1.82) is 0 Å². The molecular weight excluding hydrogens is 1930 g/mol. The van der Waals surface area contributed by atoms with Crippen molar-refractivity contribution in [2.75, 3.05) is 168 Å². The summed E-state index contributed by atoms with van der Waals surface area (Å²) in [5, 5.41) is 39.9. The number of para-hydroxylation sites is 1. The average Bonchev–Trinajstić information content (AvgIpc) is 1.51. The molecule has 3 aromatic carbocycles. The molecule has 812 valence electrons. The van der Waals surface area contributed by atoms with Crippen LogP contribution >= 0.6 is 0 Å². The number of carbonyl (C=O) groups is 12. The Labute approximate surface area is 858 Å². The molecule has 44 heteroatoms. The molecule has 4 fully saturated rings. The van der Waals surface area contributed by atoms with E-state index in [4.69, 9.17) is 73.0 Å². The second-order valence-corrected chi connectivity index (χ2v) is 39.7. The minimum Gasteiger partial charge on any atom is -0.445 e. The van der Waals surface area contributed by atoms with Gasteiger partial charge in [0.15, 0.2) is 23.5 Å². The Morgan fingerprint density at radius 1 is 0.639 bits per heavy atom. The lowest BCUT2D eigenvalue weighted by Crippen LogP contribution is -2.65. The normalized spacial score (nSPS) is 22.8. The number of hydrogen-bond donors (Lipinski definition) is 15. The molecule has 11 amide bonds. The quantitative estimate of drug-likeness (QED) is 0.0119. The monoisotopic (exact) mass is 2080 g/mol. The molecule has 42 nitrogen and oxygen atoms in total. The highest BCUT2D eigenvalue weighted by atomic mass is 32.2. The molecule has 0 spiro atoms. The number of urea groups is 1. The number of carbonyl (C=O) groups excluding carboxylic acids is 12. The number of nitrogens with zero attached hydrogens (tertiary/aromatic N) is 1. The Morgan fingerprint density at radius 2 is 1.24 bits per heavy atom. The average molecular weight is 2080 g/mol. The van der Waals surface area contributed by atoms with Crippen LogP contribution < -0.4 is 75.1 Å². The predicted octanol–water partition coefficient (Wildman–Crippen LogP) is 4.76. The summed E-state index contributed by atoms with van der Waals surface area (Å²) in [5.41, 5.74) is 10.3. The molecule has 147 heavy (non-hydrogen) atoms. The van der Waals surface area contributed by atoms with Crippen LogP contribution in [0.25, 0.3) is 0 Å². The Bertz CT molecular complexity index is 5140. The summed E-state index contributed by atoms with van der Waals surface area (Å²) in [6, 6.07) is 16.8. The maximum Gasteiger partial charge on any atom is 0.407 e. The lowest BCUT2D eigenvalue weighted by molar-refractivity contribution is -0.200. The number of ether oxygens (including phenoxy) is 12. The van der Waals surface area contributed by atoms with E-state index in [9.17, 15) is 71.1 Å². The van der Waals surface area contributed by atoms with Crippen molar-refractivity contribution in [2.24, 2.45) is 46.1 Å². The van der Waals surface area contributed by atoms with Crippen LogP contribution in [0, 0.1) is 46.3 Å². The lowest BCUT2D eigenvalue weighted by atomic mass is 9.46. The van der Waals surface area contributed by atoms with Gasteiger partial charge in [-0.25, -0.2) is 14.0 Å². The molecule has 4 unspecified atom stereocenters. The zero-order valence-corrected chi connectivity index (χ0v) is 85.6. The summed E-state index contributed by atoms with van der Waals surface area (Å²) >= 11 is 0. The van der Waals surface area contributed by atoms with Gasteiger partial charge in [0, 0.05) is 97.7 Å². The number of amides is 11. The van der Waals surface area contributed by atoms with E-state index in [2.05, 4.69) is 70.4 Å². The number of fused-ring (bicyclic) bond motifs is 9. The zero-order chi connectivity index (χ0) is 106. The van der Waals surface area contributed by atoms with Gasteiger partial charge in [-0.2, -0.15) is 8.42 Å². The van der Waals surface area contributed by atoms with Crippen molar-refractivity contribution in [3.05, 3.63) is 130 Å². The van der Waals surface area contributed by atoms with Crippen molar-refractivity contribution >= 4 is 92.4 Å². The molecule has 3 saturated carbocycles. The number of nitrogens with one attached hydrogen (secondary N) is 11. The van der Waals surface area contributed by atoms with Gasteiger partial charge in [0.25, 0.3) is 10.1 Å². The van der Waals surface area contributed by atoms with Gasteiger partial charge in [-0.3, -0.25) is 58.3 Å². The first-order chi connectivity index (χ1) is 70.7. The van der Waals surface area contributed by atoms with Crippen LogP contribution in [-0.4, -0.2) is 301 Å². The highest BCUT2D eigenvalue weighted by molar-refractivity contribution is 7.85. The van der Waals surface area contributed by atoms with Gasteiger partial charge in [0.1, 0.15) is 43.6 Å². The van der Waals surface area contributed by atoms with Gasteiger partial charge in [0.2, 0.25) is 47.3 Å². The molecule has 0 aromatic heterocycles. The van der Waals surface area contributed by atoms with Crippen LogP contribution in [-0.2, 0) is 128 Å². The number of aliphatic hydroxyl groups excluding tert-OH is 1. The number of alkyl carbamates (subject to hydrolysis) is 1. The SMILES string of the molecule is CCCC1O[C@@H]2CC3[C@@H]4C[C@H](F)C5=CC(=O)C=C[C@]5(C)C4[C@@H](O)C[C@]3(C)[C@]2(C(=O)CNC(=O)OCc2ccc(NC(=O)[C@H](CCCNC(N)=O)NC(=O)[C@@H](NC(=O)[C@@H](CCCCNC(=O)COC3CCCCC/C(NCCOCCOCCOCCOCCC(=O)NCCS(=O)(=O)O)=C\3NN)NC(=O)CCOCCOCCOCCOCCNC(=O)CCC(=O)N3Cc4ccccc4C#Cc4ccccc43)C(C)C)cc2)O1. The number of rotatable bonds is 65. The largest absolute Gasteiger partial charge is 0.445 e. The van der Waals surface area contributed by atoms with E-state index in [1.165, 1.54) is 24.3 Å². The number of Topliss-reactive ketones (excluding diaryl/α,β-unsaturated/α-hetero) is 1. The maximum absolute atomic E-state index is 16.3. The first-order valence-corrected chi connectivity index (χ1v) is 52.6. The maximum atomic E-state index is 16.3. The number of hydrazine groups is 1. The molecule has 0 radical (unpaired) electrons. The Hall–Kier alpha value is -11.0. The second kappa shape index (κ2) is 60.6. The number of ketones is 2. The fourth-order valence-corrected chi connectivity index (χ4v) is 20.3. The van der Waals surface area contributed by atoms with Crippen LogP contribution in [0.1, 0.15) is 179 Å². The number of aliphatic hydroxyl groups is 1. The van der Waals surface area contributed by atoms with E-state index in [1.54, 1.807) is 37.0 Å². The molecule has 3 aromatic rings. The van der Waals surface area contributed by atoms with Crippen molar-refractivity contribution in [1.82, 2.24) is 53.3 Å². The first-order valence-electron chi connectivity index (χ1n) is 51.0. The number of anilines is 2. The molecule has 1 saturated heterocycles. The van der Waals surface area contributed by atoms with E-state index in [1.807, 2.05) is 69.3 Å². The van der Waals surface area contributed by atoms with Gasteiger partial charge in [-0.1, -0.05) is 114 Å². The van der Waals surface area contributed by atoms with Crippen LogP contribution in [0.3, 0.4) is 0 Å². The third-order valence-electron chi connectivity index (χ3n) is 27.3. The first kappa shape index (κ1) is 118. The van der Waals surface area contributed by atoms with Crippen LogP contribution in [0.15, 0.2) is 108 Å². The smallest absolute Gasteiger partial charge is 0.407 e. The Kier molecular flexibility index (Phi) is 48.6. The minimum atomic E-state index is -4.17. The minimum absolute atomic E-state index is 0.00228. The summed E-state index contributed by atoms with van der Waals surface area (Å²) in [6.45, 7) is 12.6.